The maximum Gasteiger partial charge on any atom is 0.294 e. The molecule has 2 atom stereocenters. The molecule has 1 aliphatic rings. The van der Waals surface area contributed by atoms with Crippen molar-refractivity contribution in [2.45, 2.75) is 22.1 Å². The number of pyridine rings is 1. The van der Waals surface area contributed by atoms with Crippen LogP contribution >= 0.6 is 23.5 Å². The number of hydrogen-bond acceptors (Lipinski definition) is 13. The second kappa shape index (κ2) is 12.1. The van der Waals surface area contributed by atoms with E-state index in [9.17, 15) is 18.8 Å². The van der Waals surface area contributed by atoms with Crippen molar-refractivity contribution < 1.29 is 23.5 Å². The van der Waals surface area contributed by atoms with Crippen molar-refractivity contribution in [3.63, 3.8) is 0 Å². The molecule has 16 heteroatoms. The first-order valence-electron chi connectivity index (χ1n) is 11.7. The molecular weight excluding hydrogens is 551 g/mol. The molecule has 0 aliphatic carbocycles. The summed E-state index contributed by atoms with van der Waals surface area (Å²) >= 11 is 2.66. The predicted molar refractivity (Wildman–Crippen MR) is 146 cm³/mol. The van der Waals surface area contributed by atoms with Crippen molar-refractivity contribution in [1.29, 1.82) is 0 Å². The summed E-state index contributed by atoms with van der Waals surface area (Å²) in [6.45, 7) is 2.98. The van der Waals surface area contributed by atoms with Crippen molar-refractivity contribution in [2.24, 2.45) is 7.05 Å². The Bertz CT molecular complexity index is 1440. The van der Waals surface area contributed by atoms with Crippen LogP contribution < -0.4 is 25.8 Å². The monoisotopic (exact) mass is 578 g/mol. The summed E-state index contributed by atoms with van der Waals surface area (Å²) in [5.41, 5.74) is 0.0651. The average molecular weight is 579 g/mol. The number of ether oxygens (including phenoxy) is 2. The first-order valence-corrected chi connectivity index (χ1v) is 13.8. The van der Waals surface area contributed by atoms with Gasteiger partial charge in [-0.3, -0.25) is 19.0 Å². The third kappa shape index (κ3) is 6.39. The standard InChI is InChI=1S/C23H27FN8O5S2/c1-13-20(35)29-18-22(39-13)27-8-16(28-18)31(2)11-23(38-4,37-12-33)10-25-5-6-36-21-14(24)7-15-19(30-21)32(3)17(34)9-26-15/h7-9,12-13,25H,5-6,10-11H2,1-4H3,(H,28,29,35). The molecule has 0 spiro atoms. The molecule has 0 fully saturated rings. The van der Waals surface area contributed by atoms with Crippen molar-refractivity contribution in [1.82, 2.24) is 29.8 Å². The number of halogens is 1. The molecule has 0 aromatic carbocycles. The molecule has 39 heavy (non-hydrogen) atoms. The van der Waals surface area contributed by atoms with E-state index in [0.717, 1.165) is 12.3 Å². The molecule has 0 saturated carbocycles. The first-order chi connectivity index (χ1) is 18.7. The zero-order valence-corrected chi connectivity index (χ0v) is 23.3. The zero-order chi connectivity index (χ0) is 28.2. The third-order valence-corrected chi connectivity index (χ3v) is 8.11. The molecule has 3 aromatic rings. The van der Waals surface area contributed by atoms with E-state index in [1.165, 1.54) is 35.1 Å². The van der Waals surface area contributed by atoms with E-state index in [4.69, 9.17) is 9.47 Å². The van der Waals surface area contributed by atoms with E-state index in [-0.39, 0.29) is 60.0 Å². The summed E-state index contributed by atoms with van der Waals surface area (Å²) in [7, 11) is 3.29. The number of hydrogen-bond donors (Lipinski definition) is 2. The summed E-state index contributed by atoms with van der Waals surface area (Å²) in [6.07, 6.45) is 4.50. The number of likely N-dealkylation sites (N-methyl/N-ethyl adjacent to an activating group) is 1. The smallest absolute Gasteiger partial charge is 0.294 e. The fourth-order valence-electron chi connectivity index (χ4n) is 3.72. The van der Waals surface area contributed by atoms with Crippen LogP contribution in [0.1, 0.15) is 6.92 Å². The second-order valence-electron chi connectivity index (χ2n) is 8.62. The van der Waals surface area contributed by atoms with E-state index in [0.29, 0.717) is 23.1 Å². The highest BCUT2D eigenvalue weighted by atomic mass is 32.2. The van der Waals surface area contributed by atoms with Crippen LogP contribution in [0, 0.1) is 5.82 Å². The van der Waals surface area contributed by atoms with Gasteiger partial charge in [0.15, 0.2) is 22.2 Å². The number of nitrogens with zero attached hydrogens (tertiary/aromatic N) is 6. The topological polar surface area (TPSA) is 153 Å². The van der Waals surface area contributed by atoms with Crippen molar-refractivity contribution in [2.75, 3.05) is 49.8 Å². The number of thioether (sulfide) groups is 2. The molecule has 3 aromatic heterocycles. The Morgan fingerprint density at radius 1 is 1.33 bits per heavy atom. The van der Waals surface area contributed by atoms with Crippen LogP contribution in [0.25, 0.3) is 11.2 Å². The highest BCUT2D eigenvalue weighted by Crippen LogP contribution is 2.34. The van der Waals surface area contributed by atoms with Gasteiger partial charge >= 0.3 is 0 Å². The van der Waals surface area contributed by atoms with Gasteiger partial charge in [-0.2, -0.15) is 4.98 Å². The molecule has 13 nitrogen and oxygen atoms in total. The van der Waals surface area contributed by atoms with Gasteiger partial charge in [0.05, 0.1) is 24.2 Å². The number of aryl methyl sites for hydroxylation is 1. The lowest BCUT2D eigenvalue weighted by Gasteiger charge is -2.34. The van der Waals surface area contributed by atoms with Crippen LogP contribution in [0.15, 0.2) is 28.3 Å². The number of nitrogens with one attached hydrogen (secondary N) is 2. The minimum atomic E-state index is -1.00. The van der Waals surface area contributed by atoms with Crippen LogP contribution in [0.5, 0.6) is 5.88 Å². The molecule has 0 bridgehead atoms. The lowest BCUT2D eigenvalue weighted by molar-refractivity contribution is -0.135. The minimum Gasteiger partial charge on any atom is -0.474 e. The number of aromatic nitrogens is 5. The van der Waals surface area contributed by atoms with Gasteiger partial charge in [-0.15, -0.1) is 11.8 Å². The summed E-state index contributed by atoms with van der Waals surface area (Å²) in [6, 6.07) is 1.16. The predicted octanol–water partition coefficient (Wildman–Crippen LogP) is 1.03. The van der Waals surface area contributed by atoms with E-state index in [2.05, 4.69) is 30.6 Å². The number of rotatable bonds is 12. The van der Waals surface area contributed by atoms with Gasteiger partial charge in [0.25, 0.3) is 17.9 Å². The lowest BCUT2D eigenvalue weighted by Crippen LogP contribution is -2.49. The molecule has 4 heterocycles. The minimum absolute atomic E-state index is 0.0527. The molecule has 0 radical (unpaired) electrons. The third-order valence-electron chi connectivity index (χ3n) is 5.91. The van der Waals surface area contributed by atoms with Gasteiger partial charge in [0.1, 0.15) is 23.0 Å². The number of carbonyl (C=O) groups excluding carboxylic acids is 2. The van der Waals surface area contributed by atoms with Crippen LogP contribution in [0.3, 0.4) is 0 Å². The number of amides is 1. The molecule has 2 N–H and O–H groups in total. The molecule has 0 saturated heterocycles. The van der Waals surface area contributed by atoms with Gasteiger partial charge in [-0.25, -0.2) is 19.3 Å². The highest BCUT2D eigenvalue weighted by molar-refractivity contribution is 8.00. The average Bonchev–Trinajstić information content (AvgIpc) is 2.91. The SMILES string of the molecule is CSC(CNCCOc1nc2c(cc1F)ncc(=O)n2C)(CN(C)c1cnc2c(n1)NC(=O)C(C)S2)OC=O. The maximum atomic E-state index is 14.4. The fraction of sp³-hybridized carbons (Fsp3) is 0.435. The van der Waals surface area contributed by atoms with Gasteiger partial charge in [-0.05, 0) is 13.2 Å². The van der Waals surface area contributed by atoms with E-state index in [1.807, 2.05) is 0 Å². The normalized spacial score (nSPS) is 16.2. The van der Waals surface area contributed by atoms with Crippen LogP contribution in [-0.2, 0) is 21.4 Å². The Balaban J connectivity index is 1.37. The van der Waals surface area contributed by atoms with Gasteiger partial charge in [0, 0.05) is 33.3 Å². The Hall–Kier alpha value is -3.50. The Kier molecular flexibility index (Phi) is 8.87. The quantitative estimate of drug-likeness (QED) is 0.179. The van der Waals surface area contributed by atoms with Gasteiger partial charge in [0.2, 0.25) is 5.91 Å². The van der Waals surface area contributed by atoms with E-state index >= 15 is 0 Å². The van der Waals surface area contributed by atoms with E-state index < -0.39 is 10.8 Å². The van der Waals surface area contributed by atoms with Gasteiger partial charge < -0.3 is 25.0 Å². The van der Waals surface area contributed by atoms with Crippen molar-refractivity contribution in [3.8, 4) is 5.88 Å². The Morgan fingerprint density at radius 3 is 2.87 bits per heavy atom. The Morgan fingerprint density at radius 2 is 2.13 bits per heavy atom. The summed E-state index contributed by atoms with van der Waals surface area (Å²) in [4.78, 5) is 52.9. The second-order valence-corrected chi connectivity index (χ2v) is 11.1. The van der Waals surface area contributed by atoms with Crippen LogP contribution in [0.4, 0.5) is 16.0 Å². The number of fused-ring (bicyclic) bond motifs is 2. The zero-order valence-electron chi connectivity index (χ0n) is 21.6. The van der Waals surface area contributed by atoms with Crippen LogP contribution in [0.2, 0.25) is 0 Å². The maximum absolute atomic E-state index is 14.4. The number of carbonyl (C=O) groups is 2. The molecule has 208 valence electrons. The Labute approximate surface area is 231 Å². The summed E-state index contributed by atoms with van der Waals surface area (Å²) in [5.74, 6) is -0.220. The van der Waals surface area contributed by atoms with Crippen molar-refractivity contribution >= 4 is 58.7 Å². The molecule has 1 amide bonds. The van der Waals surface area contributed by atoms with E-state index in [1.54, 1.807) is 31.3 Å². The van der Waals surface area contributed by atoms with Crippen LogP contribution in [-0.4, -0.2) is 86.6 Å². The lowest BCUT2D eigenvalue weighted by atomic mass is 10.3. The first kappa shape index (κ1) is 28.5. The fourth-order valence-corrected chi connectivity index (χ4v) is 5.25. The molecular formula is C23H27FN8O5S2. The largest absolute Gasteiger partial charge is 0.474 e. The molecule has 2 unspecified atom stereocenters. The molecule has 1 aliphatic heterocycles. The molecule has 4 rings (SSSR count). The van der Waals surface area contributed by atoms with Crippen molar-refractivity contribution in [3.05, 3.63) is 34.6 Å². The summed E-state index contributed by atoms with van der Waals surface area (Å²) in [5, 5.41) is 6.29. The highest BCUT2D eigenvalue weighted by Gasteiger charge is 2.34. The van der Waals surface area contributed by atoms with Gasteiger partial charge in [-0.1, -0.05) is 11.8 Å². The summed E-state index contributed by atoms with van der Waals surface area (Å²) < 4.78 is 26.6. The number of anilines is 2.